The lowest BCUT2D eigenvalue weighted by Crippen LogP contribution is -2.12. The van der Waals surface area contributed by atoms with Gasteiger partial charge in [-0.25, -0.2) is 9.67 Å². The predicted molar refractivity (Wildman–Crippen MR) is 72.6 cm³/mol. The molecule has 3 heterocycles. The van der Waals surface area contributed by atoms with E-state index in [0.717, 1.165) is 36.5 Å². The van der Waals surface area contributed by atoms with Gasteiger partial charge >= 0.3 is 0 Å². The van der Waals surface area contributed by atoms with Gasteiger partial charge in [-0.1, -0.05) is 0 Å². The van der Waals surface area contributed by atoms with E-state index in [-0.39, 0.29) is 0 Å². The van der Waals surface area contributed by atoms with Gasteiger partial charge in [-0.05, 0) is 19.9 Å². The number of nitrogens with zero attached hydrogens (tertiary/aromatic N) is 6. The Morgan fingerprint density at radius 1 is 1.32 bits per heavy atom. The first-order valence-corrected chi connectivity index (χ1v) is 6.37. The van der Waals surface area contributed by atoms with E-state index in [1.165, 1.54) is 0 Å². The van der Waals surface area contributed by atoms with E-state index in [1.807, 2.05) is 33.1 Å². The third kappa shape index (κ3) is 1.87. The molecule has 2 N–H and O–H groups in total. The van der Waals surface area contributed by atoms with Gasteiger partial charge in [0.1, 0.15) is 5.52 Å². The number of aryl methyl sites for hydroxylation is 4. The first kappa shape index (κ1) is 11.8. The molecule has 100 valence electrons. The second-order valence-electron chi connectivity index (χ2n) is 4.46. The Kier molecular flexibility index (Phi) is 2.73. The predicted octanol–water partition coefficient (Wildman–Crippen LogP) is 1.04. The number of hydrogen-bond acceptors (Lipinski definition) is 4. The minimum Gasteiger partial charge on any atom is -0.369 e. The van der Waals surface area contributed by atoms with Crippen molar-refractivity contribution in [2.45, 2.75) is 33.5 Å². The standard InChI is InChI=1S/C12H17N7/c1-3-19-11-10(9(2)16-19)15-12(13)18(11)8-7-17-6-4-5-14-17/h4-6H,3,7-8H2,1-2H3,(H2,13,15). The van der Waals surface area contributed by atoms with Crippen LogP contribution in [0.5, 0.6) is 0 Å². The van der Waals surface area contributed by atoms with Crippen LogP contribution in [0, 0.1) is 6.92 Å². The van der Waals surface area contributed by atoms with Gasteiger partial charge < -0.3 is 5.73 Å². The molecule has 0 spiro atoms. The molecule has 0 fully saturated rings. The van der Waals surface area contributed by atoms with E-state index < -0.39 is 0 Å². The summed E-state index contributed by atoms with van der Waals surface area (Å²) in [5, 5.41) is 8.66. The third-order valence-electron chi connectivity index (χ3n) is 3.24. The average molecular weight is 259 g/mol. The Labute approximate surface area is 110 Å². The molecule has 0 amide bonds. The second kappa shape index (κ2) is 4.42. The molecule has 7 heteroatoms. The van der Waals surface area contributed by atoms with Gasteiger partial charge in [0.2, 0.25) is 5.95 Å². The zero-order chi connectivity index (χ0) is 13.4. The van der Waals surface area contributed by atoms with Crippen LogP contribution >= 0.6 is 0 Å². The van der Waals surface area contributed by atoms with Crippen molar-refractivity contribution in [1.82, 2.24) is 29.1 Å². The van der Waals surface area contributed by atoms with Crippen LogP contribution < -0.4 is 5.73 Å². The molecule has 0 saturated carbocycles. The number of fused-ring (bicyclic) bond motifs is 1. The Hall–Kier alpha value is -2.31. The molecule has 0 bridgehead atoms. The molecule has 0 unspecified atom stereocenters. The highest BCUT2D eigenvalue weighted by Gasteiger charge is 2.16. The van der Waals surface area contributed by atoms with Crippen LogP contribution in [0.3, 0.4) is 0 Å². The van der Waals surface area contributed by atoms with E-state index in [4.69, 9.17) is 5.73 Å². The Morgan fingerprint density at radius 2 is 2.16 bits per heavy atom. The van der Waals surface area contributed by atoms with Crippen molar-refractivity contribution >= 4 is 17.1 Å². The van der Waals surface area contributed by atoms with Crippen LogP contribution in [0.1, 0.15) is 12.6 Å². The monoisotopic (exact) mass is 259 g/mol. The number of anilines is 1. The van der Waals surface area contributed by atoms with Crippen molar-refractivity contribution < 1.29 is 0 Å². The van der Waals surface area contributed by atoms with Gasteiger partial charge in [-0.3, -0.25) is 9.25 Å². The Morgan fingerprint density at radius 3 is 2.84 bits per heavy atom. The minimum atomic E-state index is 0.532. The lowest BCUT2D eigenvalue weighted by Gasteiger charge is -2.08. The molecular formula is C12H17N7. The summed E-state index contributed by atoms with van der Waals surface area (Å²) in [6, 6.07) is 1.91. The number of rotatable bonds is 4. The van der Waals surface area contributed by atoms with Crippen LogP contribution in [-0.4, -0.2) is 29.1 Å². The van der Waals surface area contributed by atoms with Gasteiger partial charge in [0.05, 0.1) is 12.2 Å². The summed E-state index contributed by atoms with van der Waals surface area (Å²) in [5.41, 5.74) is 8.81. The number of nitrogens with two attached hydrogens (primary N) is 1. The zero-order valence-corrected chi connectivity index (χ0v) is 11.1. The van der Waals surface area contributed by atoms with Crippen molar-refractivity contribution in [3.8, 4) is 0 Å². The summed E-state index contributed by atoms with van der Waals surface area (Å²) in [6.45, 7) is 6.31. The fourth-order valence-corrected chi connectivity index (χ4v) is 2.32. The second-order valence-corrected chi connectivity index (χ2v) is 4.46. The topological polar surface area (TPSA) is 79.5 Å². The molecule has 0 radical (unpaired) electrons. The highest BCUT2D eigenvalue weighted by molar-refractivity contribution is 5.77. The molecule has 0 aliphatic rings. The van der Waals surface area contributed by atoms with Gasteiger partial charge in [-0.15, -0.1) is 0 Å². The van der Waals surface area contributed by atoms with Gasteiger partial charge in [0.15, 0.2) is 5.65 Å². The molecule has 0 aliphatic heterocycles. The normalized spacial score (nSPS) is 11.5. The summed E-state index contributed by atoms with van der Waals surface area (Å²) in [4.78, 5) is 4.41. The highest BCUT2D eigenvalue weighted by atomic mass is 15.4. The summed E-state index contributed by atoms with van der Waals surface area (Å²) in [6.07, 6.45) is 3.71. The summed E-state index contributed by atoms with van der Waals surface area (Å²) in [5.74, 6) is 0.532. The van der Waals surface area contributed by atoms with Crippen LogP contribution in [-0.2, 0) is 19.6 Å². The summed E-state index contributed by atoms with van der Waals surface area (Å²) >= 11 is 0. The largest absolute Gasteiger partial charge is 0.369 e. The molecule has 0 saturated heterocycles. The molecule has 0 atom stereocenters. The maximum absolute atomic E-state index is 6.01. The van der Waals surface area contributed by atoms with Gasteiger partial charge in [0.25, 0.3) is 0 Å². The number of aromatic nitrogens is 6. The van der Waals surface area contributed by atoms with Crippen molar-refractivity contribution in [1.29, 1.82) is 0 Å². The highest BCUT2D eigenvalue weighted by Crippen LogP contribution is 2.21. The van der Waals surface area contributed by atoms with E-state index in [1.54, 1.807) is 6.20 Å². The van der Waals surface area contributed by atoms with Crippen molar-refractivity contribution in [2.24, 2.45) is 0 Å². The molecule has 3 rings (SSSR count). The fraction of sp³-hybridized carbons (Fsp3) is 0.417. The van der Waals surface area contributed by atoms with E-state index >= 15 is 0 Å². The first-order valence-electron chi connectivity index (χ1n) is 6.37. The Balaban J connectivity index is 1.99. The van der Waals surface area contributed by atoms with E-state index in [9.17, 15) is 0 Å². The number of nitrogen functional groups attached to an aromatic ring is 1. The third-order valence-corrected chi connectivity index (χ3v) is 3.24. The quantitative estimate of drug-likeness (QED) is 0.759. The van der Waals surface area contributed by atoms with Crippen LogP contribution in [0.25, 0.3) is 11.2 Å². The molecule has 0 aromatic carbocycles. The van der Waals surface area contributed by atoms with Crippen molar-refractivity contribution in [3.05, 3.63) is 24.2 Å². The van der Waals surface area contributed by atoms with E-state index in [0.29, 0.717) is 5.95 Å². The maximum atomic E-state index is 6.01. The maximum Gasteiger partial charge on any atom is 0.202 e. The van der Waals surface area contributed by atoms with Crippen molar-refractivity contribution in [3.63, 3.8) is 0 Å². The Bertz CT molecular complexity index is 689. The lowest BCUT2D eigenvalue weighted by molar-refractivity contribution is 0.533. The lowest BCUT2D eigenvalue weighted by atomic mass is 10.4. The number of hydrogen-bond donors (Lipinski definition) is 1. The molecular weight excluding hydrogens is 242 g/mol. The van der Waals surface area contributed by atoms with E-state index in [2.05, 4.69) is 22.1 Å². The van der Waals surface area contributed by atoms with Crippen molar-refractivity contribution in [2.75, 3.05) is 5.73 Å². The van der Waals surface area contributed by atoms with Gasteiger partial charge in [-0.2, -0.15) is 10.2 Å². The smallest absolute Gasteiger partial charge is 0.202 e. The minimum absolute atomic E-state index is 0.532. The number of imidazole rings is 1. The van der Waals surface area contributed by atoms with Crippen LogP contribution in [0.15, 0.2) is 18.5 Å². The SMILES string of the molecule is CCn1nc(C)c2nc(N)n(CCn3cccn3)c21. The summed E-state index contributed by atoms with van der Waals surface area (Å²) < 4.78 is 5.82. The molecule has 7 nitrogen and oxygen atoms in total. The molecule has 19 heavy (non-hydrogen) atoms. The fourth-order valence-electron chi connectivity index (χ4n) is 2.32. The molecule has 0 aliphatic carbocycles. The summed E-state index contributed by atoms with van der Waals surface area (Å²) in [7, 11) is 0. The van der Waals surface area contributed by atoms with Crippen LogP contribution in [0.2, 0.25) is 0 Å². The zero-order valence-electron chi connectivity index (χ0n) is 11.1. The molecule has 3 aromatic rings. The van der Waals surface area contributed by atoms with Gasteiger partial charge in [0, 0.05) is 25.5 Å². The average Bonchev–Trinajstić information content (AvgIpc) is 3.06. The molecule has 3 aromatic heterocycles. The first-order chi connectivity index (χ1) is 9.20. The van der Waals surface area contributed by atoms with Crippen LogP contribution in [0.4, 0.5) is 5.95 Å².